The zero-order valence-electron chi connectivity index (χ0n) is 11.0. The predicted octanol–water partition coefficient (Wildman–Crippen LogP) is -0.865. The van der Waals surface area contributed by atoms with Crippen LogP contribution in [-0.4, -0.2) is 59.3 Å². The second-order valence-corrected chi connectivity index (χ2v) is 5.03. The highest BCUT2D eigenvalue weighted by Crippen LogP contribution is 2.19. The zero-order chi connectivity index (χ0) is 14.6. The molecule has 0 aliphatic carbocycles. The molecule has 1 atom stereocenters. The van der Waals surface area contributed by atoms with Crippen molar-refractivity contribution in [2.24, 2.45) is 5.73 Å². The molecule has 1 saturated heterocycles. The van der Waals surface area contributed by atoms with Crippen LogP contribution in [0.3, 0.4) is 0 Å². The van der Waals surface area contributed by atoms with E-state index in [1.165, 1.54) is 4.90 Å². The Hall–Kier alpha value is -1.83. The van der Waals surface area contributed by atoms with Crippen molar-refractivity contribution in [3.63, 3.8) is 0 Å². The largest absolute Gasteiger partial charge is 0.480 e. The number of nitrogens with one attached hydrogen (secondary N) is 1. The molecule has 19 heavy (non-hydrogen) atoms. The summed E-state index contributed by atoms with van der Waals surface area (Å²) in [5.41, 5.74) is 4.42. The zero-order valence-corrected chi connectivity index (χ0v) is 11.0. The van der Waals surface area contributed by atoms with E-state index in [9.17, 15) is 14.4 Å². The molecule has 0 radical (unpaired) electrons. The van der Waals surface area contributed by atoms with Crippen LogP contribution in [0.15, 0.2) is 0 Å². The third-order valence-corrected chi connectivity index (χ3v) is 2.89. The molecule has 1 aliphatic rings. The fraction of sp³-hybridized carbons (Fsp3) is 0.727. The van der Waals surface area contributed by atoms with Crippen molar-refractivity contribution in [1.82, 2.24) is 10.2 Å². The van der Waals surface area contributed by atoms with Crippen molar-refractivity contribution >= 4 is 17.9 Å². The Labute approximate surface area is 110 Å². The minimum atomic E-state index is -1.32. The van der Waals surface area contributed by atoms with E-state index in [4.69, 9.17) is 15.6 Å². The van der Waals surface area contributed by atoms with E-state index in [0.717, 1.165) is 0 Å². The Bertz CT molecular complexity index is 383. The van der Waals surface area contributed by atoms with Crippen molar-refractivity contribution in [3.8, 4) is 0 Å². The summed E-state index contributed by atoms with van der Waals surface area (Å²) in [6.45, 7) is 4.76. The number of carboxylic acids is 1. The Morgan fingerprint density at radius 2 is 2.11 bits per heavy atom. The molecule has 1 fully saturated rings. The minimum Gasteiger partial charge on any atom is -0.480 e. The lowest BCUT2D eigenvalue weighted by Crippen LogP contribution is -2.60. The van der Waals surface area contributed by atoms with Crippen molar-refractivity contribution in [3.05, 3.63) is 0 Å². The van der Waals surface area contributed by atoms with Gasteiger partial charge >= 0.3 is 12.0 Å². The highest BCUT2D eigenvalue weighted by molar-refractivity contribution is 5.87. The van der Waals surface area contributed by atoms with E-state index in [0.29, 0.717) is 19.8 Å². The van der Waals surface area contributed by atoms with Crippen molar-refractivity contribution < 1.29 is 24.2 Å². The Kier molecular flexibility index (Phi) is 4.71. The molecule has 0 spiro atoms. The van der Waals surface area contributed by atoms with Gasteiger partial charge in [-0.1, -0.05) is 0 Å². The van der Waals surface area contributed by atoms with Gasteiger partial charge in [0, 0.05) is 6.54 Å². The van der Waals surface area contributed by atoms with Gasteiger partial charge in [0.2, 0.25) is 5.91 Å². The van der Waals surface area contributed by atoms with Gasteiger partial charge in [0.05, 0.1) is 25.2 Å². The first-order valence-electron chi connectivity index (χ1n) is 5.91. The SMILES string of the molecule is CC1(C)COCCN1C(=O)NC(CC(N)=O)C(=O)O. The van der Waals surface area contributed by atoms with Gasteiger partial charge in [-0.2, -0.15) is 0 Å². The number of nitrogens with zero attached hydrogens (tertiary/aromatic N) is 1. The maximum atomic E-state index is 12.1. The van der Waals surface area contributed by atoms with Crippen LogP contribution in [-0.2, 0) is 14.3 Å². The molecule has 1 rings (SSSR count). The van der Waals surface area contributed by atoms with E-state index < -0.39 is 35.9 Å². The standard InChI is InChI=1S/C11H19N3O5/c1-11(2)6-19-4-3-14(11)10(18)13-7(9(16)17)5-8(12)15/h7H,3-6H2,1-2H3,(H2,12,15)(H,13,18)(H,16,17). The summed E-state index contributed by atoms with van der Waals surface area (Å²) < 4.78 is 5.27. The molecule has 1 heterocycles. The van der Waals surface area contributed by atoms with Gasteiger partial charge in [-0.25, -0.2) is 9.59 Å². The summed E-state index contributed by atoms with van der Waals surface area (Å²) in [5.74, 6) is -2.08. The molecule has 108 valence electrons. The number of carbonyl (C=O) groups is 3. The third-order valence-electron chi connectivity index (χ3n) is 2.89. The van der Waals surface area contributed by atoms with Crippen LogP contribution in [0.25, 0.3) is 0 Å². The van der Waals surface area contributed by atoms with Gasteiger partial charge in [-0.3, -0.25) is 4.79 Å². The second-order valence-electron chi connectivity index (χ2n) is 5.03. The molecule has 1 unspecified atom stereocenters. The average Bonchev–Trinajstić information content (AvgIpc) is 2.26. The first kappa shape index (κ1) is 15.2. The quantitative estimate of drug-likeness (QED) is 0.615. The molecule has 0 aromatic heterocycles. The Morgan fingerprint density at radius 1 is 1.47 bits per heavy atom. The van der Waals surface area contributed by atoms with Gasteiger partial charge in [0.15, 0.2) is 0 Å². The lowest BCUT2D eigenvalue weighted by Gasteiger charge is -2.42. The van der Waals surface area contributed by atoms with Crippen LogP contribution < -0.4 is 11.1 Å². The third kappa shape index (κ3) is 4.09. The van der Waals surface area contributed by atoms with Gasteiger partial charge in [0.25, 0.3) is 0 Å². The van der Waals surface area contributed by atoms with Crippen LogP contribution in [0.2, 0.25) is 0 Å². The molecule has 1 aliphatic heterocycles. The number of primary amides is 1. The summed E-state index contributed by atoms with van der Waals surface area (Å²) >= 11 is 0. The number of amides is 3. The average molecular weight is 273 g/mol. The number of hydrogen-bond donors (Lipinski definition) is 3. The molecule has 8 nitrogen and oxygen atoms in total. The number of urea groups is 1. The molecule has 3 amide bonds. The van der Waals surface area contributed by atoms with Gasteiger partial charge in [-0.05, 0) is 13.8 Å². The van der Waals surface area contributed by atoms with Crippen molar-refractivity contribution in [1.29, 1.82) is 0 Å². The highest BCUT2D eigenvalue weighted by Gasteiger charge is 2.35. The summed E-state index contributed by atoms with van der Waals surface area (Å²) in [5, 5.41) is 11.2. The minimum absolute atomic E-state index is 0.363. The van der Waals surface area contributed by atoms with Crippen molar-refractivity contribution in [2.45, 2.75) is 31.8 Å². The molecule has 0 saturated carbocycles. The first-order chi connectivity index (χ1) is 8.74. The Balaban J connectivity index is 2.70. The Morgan fingerprint density at radius 3 is 2.58 bits per heavy atom. The number of aliphatic carboxylic acids is 1. The van der Waals surface area contributed by atoms with Crippen LogP contribution in [0.4, 0.5) is 4.79 Å². The lowest BCUT2D eigenvalue weighted by molar-refractivity contribution is -0.141. The second kappa shape index (κ2) is 5.87. The number of morpholine rings is 1. The number of ether oxygens (including phenoxy) is 1. The maximum absolute atomic E-state index is 12.1. The monoisotopic (exact) mass is 273 g/mol. The fourth-order valence-electron chi connectivity index (χ4n) is 1.86. The molecular formula is C11H19N3O5. The number of hydrogen-bond acceptors (Lipinski definition) is 4. The van der Waals surface area contributed by atoms with Crippen molar-refractivity contribution in [2.75, 3.05) is 19.8 Å². The van der Waals surface area contributed by atoms with E-state index >= 15 is 0 Å². The summed E-state index contributed by atoms with van der Waals surface area (Å²) in [4.78, 5) is 35.3. The summed E-state index contributed by atoms with van der Waals surface area (Å²) in [6, 6.07) is -1.86. The number of carbonyl (C=O) groups excluding carboxylic acids is 2. The first-order valence-corrected chi connectivity index (χ1v) is 5.91. The molecule has 0 aromatic carbocycles. The van der Waals surface area contributed by atoms with Crippen LogP contribution in [0.1, 0.15) is 20.3 Å². The number of nitrogens with two attached hydrogens (primary N) is 1. The summed E-state index contributed by atoms with van der Waals surface area (Å²) in [6.07, 6.45) is -0.439. The van der Waals surface area contributed by atoms with E-state index in [-0.39, 0.29) is 0 Å². The fourth-order valence-corrected chi connectivity index (χ4v) is 1.86. The molecule has 8 heteroatoms. The van der Waals surface area contributed by atoms with Gasteiger partial charge in [0.1, 0.15) is 6.04 Å². The highest BCUT2D eigenvalue weighted by atomic mass is 16.5. The van der Waals surface area contributed by atoms with Gasteiger partial charge < -0.3 is 25.8 Å². The predicted molar refractivity (Wildman–Crippen MR) is 65.4 cm³/mol. The van der Waals surface area contributed by atoms with E-state index in [2.05, 4.69) is 5.32 Å². The van der Waals surface area contributed by atoms with E-state index in [1.54, 1.807) is 0 Å². The van der Waals surface area contributed by atoms with Gasteiger partial charge in [-0.15, -0.1) is 0 Å². The number of carboxylic acid groups (broad SMARTS) is 1. The van der Waals surface area contributed by atoms with Crippen LogP contribution >= 0.6 is 0 Å². The molecule has 0 bridgehead atoms. The maximum Gasteiger partial charge on any atom is 0.326 e. The van der Waals surface area contributed by atoms with Crippen LogP contribution in [0.5, 0.6) is 0 Å². The summed E-state index contributed by atoms with van der Waals surface area (Å²) in [7, 11) is 0. The molecule has 4 N–H and O–H groups in total. The topological polar surface area (TPSA) is 122 Å². The van der Waals surface area contributed by atoms with Crippen LogP contribution in [0, 0.1) is 0 Å². The number of rotatable bonds is 4. The smallest absolute Gasteiger partial charge is 0.326 e. The lowest BCUT2D eigenvalue weighted by atomic mass is 10.0. The molecule has 0 aromatic rings. The van der Waals surface area contributed by atoms with E-state index in [1.807, 2.05) is 13.8 Å². The molecular weight excluding hydrogens is 254 g/mol. The normalized spacial score (nSPS) is 19.6.